The molecule has 0 aromatic rings. The minimum absolute atomic E-state index is 0.0953. The van der Waals surface area contributed by atoms with E-state index in [0.717, 1.165) is 12.8 Å². The molecule has 2 fully saturated rings. The normalized spacial score (nSPS) is 36.9. The first-order valence-corrected chi connectivity index (χ1v) is 4.57. The third kappa shape index (κ3) is 0.975. The Morgan fingerprint density at radius 1 is 1.54 bits per heavy atom. The monoisotopic (exact) mass is 183 g/mol. The fraction of sp³-hybridized carbons (Fsp3) is 0.778. The maximum absolute atomic E-state index is 11.4. The van der Waals surface area contributed by atoms with Gasteiger partial charge in [0.25, 0.3) is 0 Å². The van der Waals surface area contributed by atoms with Crippen LogP contribution in [0.25, 0.3) is 0 Å². The molecule has 0 aromatic heterocycles. The summed E-state index contributed by atoms with van der Waals surface area (Å²) in [5, 5.41) is 0. The average molecular weight is 183 g/mol. The third-order valence-electron chi connectivity index (χ3n) is 3.12. The summed E-state index contributed by atoms with van der Waals surface area (Å²) in [6.07, 6.45) is 1.69. The van der Waals surface area contributed by atoms with Crippen molar-refractivity contribution in [3.8, 4) is 0 Å². The Kier molecular flexibility index (Phi) is 1.78. The van der Waals surface area contributed by atoms with Crippen LogP contribution in [0.2, 0.25) is 0 Å². The Balaban J connectivity index is 2.11. The van der Waals surface area contributed by atoms with E-state index in [9.17, 15) is 9.59 Å². The zero-order valence-corrected chi connectivity index (χ0v) is 7.82. The van der Waals surface area contributed by atoms with Crippen LogP contribution in [0.3, 0.4) is 0 Å². The fourth-order valence-corrected chi connectivity index (χ4v) is 2.33. The van der Waals surface area contributed by atoms with Crippen LogP contribution in [-0.4, -0.2) is 36.0 Å². The van der Waals surface area contributed by atoms with E-state index < -0.39 is 0 Å². The molecule has 2 heterocycles. The lowest BCUT2D eigenvalue weighted by Crippen LogP contribution is -2.60. The largest absolute Gasteiger partial charge is 0.467 e. The summed E-state index contributed by atoms with van der Waals surface area (Å²) >= 11 is 0. The number of esters is 1. The molecular weight excluding hydrogens is 170 g/mol. The Labute approximate surface area is 76.8 Å². The van der Waals surface area contributed by atoms with Gasteiger partial charge in [0.15, 0.2) is 0 Å². The lowest BCUT2D eigenvalue weighted by atomic mass is 9.90. The van der Waals surface area contributed by atoms with E-state index in [1.165, 1.54) is 7.11 Å². The Bertz CT molecular complexity index is 256. The Hall–Kier alpha value is -1.06. The molecule has 3 atom stereocenters. The summed E-state index contributed by atoms with van der Waals surface area (Å²) in [6.45, 7) is 1.92. The Morgan fingerprint density at radius 2 is 2.23 bits per heavy atom. The first kappa shape index (κ1) is 8.53. The van der Waals surface area contributed by atoms with Crippen LogP contribution in [0.1, 0.15) is 19.8 Å². The van der Waals surface area contributed by atoms with E-state index in [1.807, 2.05) is 6.92 Å². The molecule has 0 N–H and O–H groups in total. The highest BCUT2D eigenvalue weighted by Crippen LogP contribution is 2.39. The first-order chi connectivity index (χ1) is 6.16. The molecule has 0 saturated carbocycles. The van der Waals surface area contributed by atoms with Gasteiger partial charge in [0, 0.05) is 6.04 Å². The predicted octanol–water partition coefficient (Wildman–Crippen LogP) is 0.169. The molecule has 0 aliphatic carbocycles. The number of hydrogen-bond acceptors (Lipinski definition) is 3. The number of β-lactam (4-membered cyclic amide) rings is 1. The molecule has 72 valence electrons. The highest BCUT2D eigenvalue weighted by Gasteiger charge is 2.53. The molecule has 13 heavy (non-hydrogen) atoms. The number of nitrogens with zero attached hydrogens (tertiary/aromatic N) is 1. The van der Waals surface area contributed by atoms with Crippen molar-refractivity contribution in [1.82, 2.24) is 4.90 Å². The first-order valence-electron chi connectivity index (χ1n) is 4.57. The van der Waals surface area contributed by atoms with E-state index in [-0.39, 0.29) is 29.9 Å². The standard InChI is InChI=1S/C9H13NO3/c1-5-6-3-4-7(9(12)13-2)10(6)8(5)11/h5-7H,3-4H2,1-2H3/t5-,6+,7-/m1/s1. The smallest absolute Gasteiger partial charge is 0.328 e. The van der Waals surface area contributed by atoms with Crippen molar-refractivity contribution in [1.29, 1.82) is 0 Å². The van der Waals surface area contributed by atoms with Gasteiger partial charge in [0.1, 0.15) is 6.04 Å². The second-order valence-corrected chi connectivity index (χ2v) is 3.72. The highest BCUT2D eigenvalue weighted by atomic mass is 16.5. The van der Waals surface area contributed by atoms with Crippen molar-refractivity contribution in [3.05, 3.63) is 0 Å². The SMILES string of the molecule is COC(=O)[C@H]1CC[C@H]2[C@@H](C)C(=O)N12. The van der Waals surface area contributed by atoms with Crippen LogP contribution < -0.4 is 0 Å². The van der Waals surface area contributed by atoms with Gasteiger partial charge in [0.05, 0.1) is 13.0 Å². The van der Waals surface area contributed by atoms with Crippen molar-refractivity contribution in [2.24, 2.45) is 5.92 Å². The molecule has 2 aliphatic rings. The summed E-state index contributed by atoms with van der Waals surface area (Å²) in [7, 11) is 1.36. The van der Waals surface area contributed by atoms with Gasteiger partial charge in [-0.25, -0.2) is 4.79 Å². The van der Waals surface area contributed by atoms with Gasteiger partial charge in [-0.3, -0.25) is 4.79 Å². The lowest BCUT2D eigenvalue weighted by molar-refractivity contribution is -0.164. The number of hydrogen-bond donors (Lipinski definition) is 0. The van der Waals surface area contributed by atoms with Gasteiger partial charge in [-0.1, -0.05) is 6.92 Å². The van der Waals surface area contributed by atoms with Crippen LogP contribution in [0.4, 0.5) is 0 Å². The van der Waals surface area contributed by atoms with Crippen molar-refractivity contribution in [2.75, 3.05) is 7.11 Å². The summed E-state index contributed by atoms with van der Waals surface area (Å²) in [5.41, 5.74) is 0. The van der Waals surface area contributed by atoms with Gasteiger partial charge in [-0.15, -0.1) is 0 Å². The molecular formula is C9H13NO3. The fourth-order valence-electron chi connectivity index (χ4n) is 2.33. The molecule has 0 aromatic carbocycles. The quantitative estimate of drug-likeness (QED) is 0.430. The van der Waals surface area contributed by atoms with E-state index in [2.05, 4.69) is 4.74 Å². The number of carbonyl (C=O) groups is 2. The van der Waals surface area contributed by atoms with Crippen molar-refractivity contribution < 1.29 is 14.3 Å². The molecule has 2 aliphatic heterocycles. The number of carbonyl (C=O) groups excluding carboxylic acids is 2. The van der Waals surface area contributed by atoms with Gasteiger partial charge in [-0.05, 0) is 12.8 Å². The molecule has 0 spiro atoms. The molecule has 0 radical (unpaired) electrons. The number of amides is 1. The molecule has 0 bridgehead atoms. The van der Waals surface area contributed by atoms with Gasteiger partial charge in [-0.2, -0.15) is 0 Å². The molecule has 4 nitrogen and oxygen atoms in total. The van der Waals surface area contributed by atoms with E-state index in [1.54, 1.807) is 4.90 Å². The van der Waals surface area contributed by atoms with Crippen LogP contribution in [0, 0.1) is 5.92 Å². The van der Waals surface area contributed by atoms with Crippen molar-refractivity contribution in [2.45, 2.75) is 31.8 Å². The number of fused-ring (bicyclic) bond motifs is 1. The average Bonchev–Trinajstić information content (AvgIpc) is 2.56. The van der Waals surface area contributed by atoms with Gasteiger partial charge in [0.2, 0.25) is 5.91 Å². The maximum atomic E-state index is 11.4. The minimum atomic E-state index is -0.307. The molecule has 2 saturated heterocycles. The van der Waals surface area contributed by atoms with E-state index in [4.69, 9.17) is 0 Å². The lowest BCUT2D eigenvalue weighted by Gasteiger charge is -2.43. The van der Waals surface area contributed by atoms with Gasteiger partial charge < -0.3 is 9.64 Å². The second-order valence-electron chi connectivity index (χ2n) is 3.72. The zero-order chi connectivity index (χ0) is 9.59. The number of methoxy groups -OCH3 is 1. The molecule has 2 rings (SSSR count). The van der Waals surface area contributed by atoms with E-state index in [0.29, 0.717) is 0 Å². The summed E-state index contributed by atoms with van der Waals surface area (Å²) in [6, 6.07) is -0.0182. The Morgan fingerprint density at radius 3 is 2.85 bits per heavy atom. The van der Waals surface area contributed by atoms with Crippen LogP contribution >= 0.6 is 0 Å². The highest BCUT2D eigenvalue weighted by molar-refractivity contribution is 5.91. The second kappa shape index (κ2) is 2.72. The molecule has 1 amide bonds. The van der Waals surface area contributed by atoms with E-state index >= 15 is 0 Å². The number of ether oxygens (including phenoxy) is 1. The molecule has 4 heteroatoms. The zero-order valence-electron chi connectivity index (χ0n) is 7.82. The molecule has 0 unspecified atom stereocenters. The van der Waals surface area contributed by atoms with Gasteiger partial charge >= 0.3 is 5.97 Å². The summed E-state index contributed by atoms with van der Waals surface area (Å²) < 4.78 is 4.64. The minimum Gasteiger partial charge on any atom is -0.467 e. The van der Waals surface area contributed by atoms with Crippen LogP contribution in [0.5, 0.6) is 0 Å². The van der Waals surface area contributed by atoms with Crippen LogP contribution in [0.15, 0.2) is 0 Å². The van der Waals surface area contributed by atoms with Crippen molar-refractivity contribution >= 4 is 11.9 Å². The third-order valence-corrected chi connectivity index (χ3v) is 3.12. The number of rotatable bonds is 1. The summed E-state index contributed by atoms with van der Waals surface area (Å²) in [5.74, 6) is -0.0738. The van der Waals surface area contributed by atoms with Crippen LogP contribution in [-0.2, 0) is 14.3 Å². The predicted molar refractivity (Wildman–Crippen MR) is 44.8 cm³/mol. The maximum Gasteiger partial charge on any atom is 0.328 e. The topological polar surface area (TPSA) is 46.6 Å². The van der Waals surface area contributed by atoms with Crippen molar-refractivity contribution in [3.63, 3.8) is 0 Å². The summed E-state index contributed by atoms with van der Waals surface area (Å²) in [4.78, 5) is 24.3.